The van der Waals surface area contributed by atoms with Crippen LogP contribution in [0.2, 0.25) is 5.02 Å². The molecular weight excluding hydrogens is 562 g/mol. The number of fused-ring (bicyclic) bond motifs is 4. The van der Waals surface area contributed by atoms with Gasteiger partial charge in [-0.3, -0.25) is 4.79 Å². The molecule has 2 aliphatic heterocycles. The molecule has 3 aromatic carbocycles. The van der Waals surface area contributed by atoms with E-state index in [4.69, 9.17) is 21.1 Å². The van der Waals surface area contributed by atoms with Crippen LogP contribution < -0.4 is 20.1 Å². The van der Waals surface area contributed by atoms with Gasteiger partial charge in [0.15, 0.2) is 5.60 Å². The lowest BCUT2D eigenvalue weighted by atomic mass is 9.82. The molecule has 220 valence electrons. The largest absolute Gasteiger partial charge is 0.489 e. The Balaban J connectivity index is 1.34. The summed E-state index contributed by atoms with van der Waals surface area (Å²) in [5.41, 5.74) is 0.408. The van der Waals surface area contributed by atoms with Crippen LogP contribution in [0.3, 0.4) is 0 Å². The Morgan fingerprint density at radius 3 is 2.57 bits per heavy atom. The summed E-state index contributed by atoms with van der Waals surface area (Å²) in [6.45, 7) is 2.27. The molecule has 0 saturated heterocycles. The van der Waals surface area contributed by atoms with Gasteiger partial charge in [-0.05, 0) is 50.7 Å². The number of halogens is 3. The van der Waals surface area contributed by atoms with Crippen molar-refractivity contribution in [3.8, 4) is 22.6 Å². The molecule has 1 amide bonds. The molecule has 9 heteroatoms. The second kappa shape index (κ2) is 9.93. The summed E-state index contributed by atoms with van der Waals surface area (Å²) in [6, 6.07) is 12.7. The molecule has 0 aromatic heterocycles. The third-order valence-corrected chi connectivity index (χ3v) is 9.83. The molecule has 2 fully saturated rings. The number of hydrogen-bond acceptors (Lipinski definition) is 5. The maximum atomic E-state index is 16.5. The number of benzene rings is 3. The smallest absolute Gasteiger partial charge is 0.251 e. The molecule has 0 spiro atoms. The molecule has 3 aromatic rings. The van der Waals surface area contributed by atoms with Crippen molar-refractivity contribution < 1.29 is 28.2 Å². The van der Waals surface area contributed by atoms with E-state index in [1.807, 2.05) is 37.3 Å². The Kier molecular flexibility index (Phi) is 6.53. The predicted molar refractivity (Wildman–Crippen MR) is 155 cm³/mol. The van der Waals surface area contributed by atoms with Gasteiger partial charge >= 0.3 is 0 Å². The van der Waals surface area contributed by atoms with Crippen molar-refractivity contribution in [3.05, 3.63) is 81.4 Å². The van der Waals surface area contributed by atoms with Crippen LogP contribution in [0.25, 0.3) is 11.1 Å². The van der Waals surface area contributed by atoms with Gasteiger partial charge in [-0.2, -0.15) is 0 Å². The highest BCUT2D eigenvalue weighted by molar-refractivity contribution is 6.34. The van der Waals surface area contributed by atoms with E-state index in [0.717, 1.165) is 18.4 Å². The van der Waals surface area contributed by atoms with Gasteiger partial charge in [0.2, 0.25) is 0 Å². The fraction of sp³-hybridized carbons (Fsp3) is 0.424. The predicted octanol–water partition coefficient (Wildman–Crippen LogP) is 6.01. The van der Waals surface area contributed by atoms with Crippen LogP contribution >= 0.6 is 11.6 Å². The summed E-state index contributed by atoms with van der Waals surface area (Å²) in [6.07, 6.45) is 3.92. The van der Waals surface area contributed by atoms with E-state index in [1.165, 1.54) is 13.1 Å². The number of aliphatic hydroxyl groups is 1. The standard InChI is InChI=1S/C33H33ClF2N2O4/c1-32(40)10-8-18(9-11-32)38-16-33(17-6-4-3-5-7-17)15-21-24(42-33)14-22(35)29(34)27(21)28-20(31(39)37-2)13-25-26(30(28)36)19-12-23(19)41-25/h3-7,13-14,18-19,23,38,40H,8-12,15-16H2,1-2H3,(H,37,39)/t18?,19-,23+,32?,33+/m0/s1. The van der Waals surface area contributed by atoms with Crippen molar-refractivity contribution in [1.29, 1.82) is 0 Å². The molecule has 0 unspecified atom stereocenters. The van der Waals surface area contributed by atoms with E-state index in [9.17, 15) is 9.90 Å². The molecule has 2 saturated carbocycles. The Morgan fingerprint density at radius 2 is 1.86 bits per heavy atom. The number of amides is 1. The highest BCUT2D eigenvalue weighted by Crippen LogP contribution is 2.58. The van der Waals surface area contributed by atoms with Gasteiger partial charge < -0.3 is 25.2 Å². The summed E-state index contributed by atoms with van der Waals surface area (Å²) in [4.78, 5) is 13.1. The fourth-order valence-corrected chi connectivity index (χ4v) is 7.23. The Labute approximate surface area is 248 Å². The van der Waals surface area contributed by atoms with Crippen LogP contribution in [0.1, 0.15) is 72.0 Å². The van der Waals surface area contributed by atoms with Gasteiger partial charge in [0, 0.05) is 60.3 Å². The molecular formula is C33H33ClF2N2O4. The highest BCUT2D eigenvalue weighted by Gasteiger charge is 2.52. The molecule has 6 nitrogen and oxygen atoms in total. The number of ether oxygens (including phenoxy) is 2. The topological polar surface area (TPSA) is 79.8 Å². The maximum Gasteiger partial charge on any atom is 0.251 e. The van der Waals surface area contributed by atoms with Crippen LogP contribution in [0, 0.1) is 11.6 Å². The van der Waals surface area contributed by atoms with Gasteiger partial charge in [0.25, 0.3) is 5.91 Å². The van der Waals surface area contributed by atoms with Gasteiger partial charge in [-0.25, -0.2) is 8.78 Å². The average Bonchev–Trinajstić information content (AvgIpc) is 3.48. The molecule has 3 atom stereocenters. The third kappa shape index (κ3) is 4.46. The summed E-state index contributed by atoms with van der Waals surface area (Å²) in [5.74, 6) is -1.33. The Hall–Kier alpha value is -3.20. The normalized spacial score (nSPS) is 28.8. The molecule has 4 aliphatic rings. The Bertz CT molecular complexity index is 1590. The number of hydrogen-bond donors (Lipinski definition) is 3. The molecule has 7 rings (SSSR count). The van der Waals surface area contributed by atoms with E-state index in [2.05, 4.69) is 10.6 Å². The van der Waals surface area contributed by atoms with E-state index in [-0.39, 0.29) is 51.9 Å². The lowest BCUT2D eigenvalue weighted by molar-refractivity contribution is 0.0104. The molecule has 0 radical (unpaired) electrons. The highest BCUT2D eigenvalue weighted by atomic mass is 35.5. The molecule has 3 N–H and O–H groups in total. The van der Waals surface area contributed by atoms with E-state index in [0.29, 0.717) is 42.7 Å². The van der Waals surface area contributed by atoms with Crippen molar-refractivity contribution in [1.82, 2.24) is 10.6 Å². The lowest BCUT2D eigenvalue weighted by Crippen LogP contribution is -2.48. The van der Waals surface area contributed by atoms with Crippen molar-refractivity contribution in [2.24, 2.45) is 0 Å². The first kappa shape index (κ1) is 27.6. The molecule has 2 heterocycles. The number of rotatable bonds is 6. The second-order valence-electron chi connectivity index (χ2n) is 12.4. The van der Waals surface area contributed by atoms with Crippen LogP contribution in [0.5, 0.6) is 11.5 Å². The number of nitrogens with one attached hydrogen (secondary N) is 2. The number of carbonyl (C=O) groups excluding carboxylic acids is 1. The average molecular weight is 595 g/mol. The minimum atomic E-state index is -0.930. The minimum Gasteiger partial charge on any atom is -0.489 e. The first-order valence-electron chi connectivity index (χ1n) is 14.6. The monoisotopic (exact) mass is 594 g/mol. The summed E-state index contributed by atoms with van der Waals surface area (Å²) in [7, 11) is 1.47. The second-order valence-corrected chi connectivity index (χ2v) is 12.8. The van der Waals surface area contributed by atoms with Crippen LogP contribution in [-0.4, -0.2) is 42.4 Å². The van der Waals surface area contributed by atoms with Gasteiger partial charge in [0.05, 0.1) is 16.2 Å². The summed E-state index contributed by atoms with van der Waals surface area (Å²) < 4.78 is 44.6. The first-order valence-corrected chi connectivity index (χ1v) is 15.0. The van der Waals surface area contributed by atoms with Crippen molar-refractivity contribution in [2.75, 3.05) is 13.6 Å². The van der Waals surface area contributed by atoms with Gasteiger partial charge in [0.1, 0.15) is 29.2 Å². The quantitative estimate of drug-likeness (QED) is 0.326. The molecule has 42 heavy (non-hydrogen) atoms. The lowest BCUT2D eigenvalue weighted by Gasteiger charge is -2.36. The van der Waals surface area contributed by atoms with Crippen LogP contribution in [-0.2, 0) is 12.0 Å². The number of carbonyl (C=O) groups is 1. The van der Waals surface area contributed by atoms with E-state index >= 15 is 8.78 Å². The van der Waals surface area contributed by atoms with Gasteiger partial charge in [-0.15, -0.1) is 0 Å². The Morgan fingerprint density at radius 1 is 1.12 bits per heavy atom. The third-order valence-electron chi connectivity index (χ3n) is 9.46. The van der Waals surface area contributed by atoms with E-state index < -0.39 is 28.7 Å². The maximum absolute atomic E-state index is 16.5. The van der Waals surface area contributed by atoms with Crippen molar-refractivity contribution in [3.63, 3.8) is 0 Å². The van der Waals surface area contributed by atoms with Crippen molar-refractivity contribution in [2.45, 2.75) is 74.7 Å². The zero-order chi connectivity index (χ0) is 29.4. The molecule has 2 aliphatic carbocycles. The summed E-state index contributed by atoms with van der Waals surface area (Å²) >= 11 is 6.67. The fourth-order valence-electron chi connectivity index (χ4n) is 6.97. The van der Waals surface area contributed by atoms with E-state index in [1.54, 1.807) is 6.07 Å². The summed E-state index contributed by atoms with van der Waals surface area (Å²) in [5, 5.41) is 16.4. The van der Waals surface area contributed by atoms with Crippen LogP contribution in [0.4, 0.5) is 8.78 Å². The zero-order valence-electron chi connectivity index (χ0n) is 23.5. The van der Waals surface area contributed by atoms with Crippen molar-refractivity contribution >= 4 is 17.5 Å². The zero-order valence-corrected chi connectivity index (χ0v) is 24.3. The first-order chi connectivity index (χ1) is 20.1. The minimum absolute atomic E-state index is 0.0278. The SMILES string of the molecule is CNC(=O)c1cc2c(c(F)c1-c1c(Cl)c(F)cc3c1C[C@@](CNC1CCC(C)(O)CC1)(c1ccccc1)O3)[C@H]1C[C@H]1O2. The molecule has 0 bridgehead atoms. The van der Waals surface area contributed by atoms with Gasteiger partial charge in [-0.1, -0.05) is 41.9 Å². The van der Waals surface area contributed by atoms with Crippen LogP contribution in [0.15, 0.2) is 42.5 Å².